The molecule has 2 rings (SSSR count). The smallest absolute Gasteiger partial charge is 0.360 e. The summed E-state index contributed by atoms with van der Waals surface area (Å²) in [6.07, 6.45) is 4.24. The average Bonchev–Trinajstić information content (AvgIpc) is 2.55. The maximum absolute atomic E-state index is 11.7. The van der Waals surface area contributed by atoms with Gasteiger partial charge in [0, 0.05) is 12.5 Å². The molecule has 0 aromatic carbocycles. The molecule has 0 bridgehead atoms. The van der Waals surface area contributed by atoms with Crippen LogP contribution in [0, 0.1) is 0 Å². The van der Waals surface area contributed by atoms with Gasteiger partial charge in [0.15, 0.2) is 5.69 Å². The molecule has 0 saturated heterocycles. The highest BCUT2D eigenvalue weighted by molar-refractivity contribution is 5.92. The van der Waals surface area contributed by atoms with Crippen LogP contribution in [0.1, 0.15) is 55.5 Å². The van der Waals surface area contributed by atoms with E-state index in [1.165, 1.54) is 6.42 Å². The minimum absolute atomic E-state index is 0.274. The van der Waals surface area contributed by atoms with Gasteiger partial charge in [0.05, 0.1) is 6.61 Å². The molecule has 0 atom stereocenters. The van der Waals surface area contributed by atoms with Crippen molar-refractivity contribution in [3.05, 3.63) is 11.5 Å². The summed E-state index contributed by atoms with van der Waals surface area (Å²) < 4.78 is 6.97. The quantitative estimate of drug-likeness (QED) is 0.812. The molecular weight excluding hydrogens is 218 g/mol. The number of esters is 1. The molecule has 94 valence electrons. The second-order valence-corrected chi connectivity index (χ2v) is 4.29. The van der Waals surface area contributed by atoms with Crippen molar-refractivity contribution in [2.45, 2.75) is 45.6 Å². The molecule has 0 amide bonds. The van der Waals surface area contributed by atoms with Gasteiger partial charge in [-0.25, -0.2) is 9.78 Å². The van der Waals surface area contributed by atoms with Gasteiger partial charge in [-0.15, -0.1) is 0 Å². The fourth-order valence-electron chi connectivity index (χ4n) is 2.14. The number of hydrogen-bond acceptors (Lipinski definition) is 4. The Bertz CT molecular complexity index is 422. The van der Waals surface area contributed by atoms with E-state index in [4.69, 9.17) is 10.5 Å². The highest BCUT2D eigenvalue weighted by Gasteiger charge is 2.28. The highest BCUT2D eigenvalue weighted by atomic mass is 16.5. The second kappa shape index (κ2) is 4.77. The van der Waals surface area contributed by atoms with Crippen LogP contribution >= 0.6 is 0 Å². The number of anilines is 1. The van der Waals surface area contributed by atoms with Crippen LogP contribution in [0.4, 0.5) is 5.82 Å². The first kappa shape index (κ1) is 12.0. The van der Waals surface area contributed by atoms with E-state index in [9.17, 15) is 4.79 Å². The van der Waals surface area contributed by atoms with Crippen LogP contribution in [0.5, 0.6) is 0 Å². The molecule has 2 N–H and O–H groups in total. The molecule has 17 heavy (non-hydrogen) atoms. The molecule has 5 nitrogen and oxygen atoms in total. The summed E-state index contributed by atoms with van der Waals surface area (Å²) in [6, 6.07) is 0.417. The Hall–Kier alpha value is -1.52. The SMILES string of the molecule is CCOC(=O)c1nc(CC)n(C2CCC2)c1N. The van der Waals surface area contributed by atoms with E-state index in [1.54, 1.807) is 6.92 Å². The fraction of sp³-hybridized carbons (Fsp3) is 0.667. The van der Waals surface area contributed by atoms with E-state index in [0.717, 1.165) is 25.1 Å². The molecule has 1 aliphatic rings. The number of nitrogen functional groups attached to an aromatic ring is 1. The van der Waals surface area contributed by atoms with Crippen molar-refractivity contribution in [1.82, 2.24) is 9.55 Å². The third-order valence-corrected chi connectivity index (χ3v) is 3.25. The van der Waals surface area contributed by atoms with Gasteiger partial charge < -0.3 is 15.0 Å². The van der Waals surface area contributed by atoms with Crippen LogP contribution in [0.25, 0.3) is 0 Å². The minimum atomic E-state index is -0.419. The number of hydrogen-bond donors (Lipinski definition) is 1. The van der Waals surface area contributed by atoms with Crippen molar-refractivity contribution in [2.24, 2.45) is 0 Å². The van der Waals surface area contributed by atoms with Crippen LogP contribution in [0.3, 0.4) is 0 Å². The van der Waals surface area contributed by atoms with Gasteiger partial charge in [0.25, 0.3) is 0 Å². The van der Waals surface area contributed by atoms with Crippen LogP contribution in [0.2, 0.25) is 0 Å². The molecule has 1 saturated carbocycles. The van der Waals surface area contributed by atoms with Crippen LogP contribution < -0.4 is 5.73 Å². The van der Waals surface area contributed by atoms with E-state index < -0.39 is 5.97 Å². The first-order valence-corrected chi connectivity index (χ1v) is 6.22. The summed E-state index contributed by atoms with van der Waals surface area (Å²) in [7, 11) is 0. The number of ether oxygens (including phenoxy) is 1. The lowest BCUT2D eigenvalue weighted by atomic mass is 9.92. The minimum Gasteiger partial charge on any atom is -0.461 e. The number of rotatable bonds is 4. The summed E-state index contributed by atoms with van der Waals surface area (Å²) in [5.41, 5.74) is 6.29. The molecule has 5 heteroatoms. The van der Waals surface area contributed by atoms with Gasteiger partial charge >= 0.3 is 5.97 Å². The van der Waals surface area contributed by atoms with E-state index >= 15 is 0 Å². The molecule has 0 unspecified atom stereocenters. The Morgan fingerprint density at radius 1 is 1.53 bits per heavy atom. The van der Waals surface area contributed by atoms with Crippen molar-refractivity contribution in [3.63, 3.8) is 0 Å². The molecular formula is C12H19N3O2. The van der Waals surface area contributed by atoms with E-state index in [-0.39, 0.29) is 5.69 Å². The maximum atomic E-state index is 11.7. The average molecular weight is 237 g/mol. The summed E-state index contributed by atoms with van der Waals surface area (Å²) in [6.45, 7) is 4.14. The molecule has 0 aliphatic heterocycles. The number of carbonyl (C=O) groups excluding carboxylic acids is 1. The third-order valence-electron chi connectivity index (χ3n) is 3.25. The Morgan fingerprint density at radius 3 is 2.71 bits per heavy atom. The van der Waals surface area contributed by atoms with E-state index in [2.05, 4.69) is 4.98 Å². The van der Waals surface area contributed by atoms with Crippen LogP contribution in [-0.2, 0) is 11.2 Å². The van der Waals surface area contributed by atoms with Crippen molar-refractivity contribution in [1.29, 1.82) is 0 Å². The maximum Gasteiger partial charge on any atom is 0.360 e. The van der Waals surface area contributed by atoms with Crippen molar-refractivity contribution in [3.8, 4) is 0 Å². The summed E-state index contributed by atoms with van der Waals surface area (Å²) in [5, 5.41) is 0. The van der Waals surface area contributed by atoms with E-state index in [1.807, 2.05) is 11.5 Å². The first-order valence-electron chi connectivity index (χ1n) is 6.22. The van der Waals surface area contributed by atoms with Gasteiger partial charge in [0.2, 0.25) is 0 Å². The van der Waals surface area contributed by atoms with Gasteiger partial charge in [-0.2, -0.15) is 0 Å². The lowest BCUT2D eigenvalue weighted by molar-refractivity contribution is 0.0521. The lowest BCUT2D eigenvalue weighted by Crippen LogP contribution is -2.21. The highest BCUT2D eigenvalue weighted by Crippen LogP contribution is 2.35. The first-order chi connectivity index (χ1) is 8.19. The zero-order valence-corrected chi connectivity index (χ0v) is 10.4. The molecule has 1 aromatic rings. The molecule has 1 aliphatic carbocycles. The summed E-state index contributed by atoms with van der Waals surface area (Å²) in [4.78, 5) is 16.0. The number of nitrogens with zero attached hydrogens (tertiary/aromatic N) is 2. The number of aromatic nitrogens is 2. The Kier molecular flexibility index (Phi) is 3.36. The van der Waals surface area contributed by atoms with Crippen molar-refractivity contribution < 1.29 is 9.53 Å². The topological polar surface area (TPSA) is 70.1 Å². The van der Waals surface area contributed by atoms with Gasteiger partial charge in [-0.05, 0) is 26.2 Å². The normalized spacial score (nSPS) is 15.6. The zero-order valence-electron chi connectivity index (χ0n) is 10.4. The molecule has 1 fully saturated rings. The second-order valence-electron chi connectivity index (χ2n) is 4.29. The van der Waals surface area contributed by atoms with Crippen LogP contribution in [-0.4, -0.2) is 22.1 Å². The van der Waals surface area contributed by atoms with Gasteiger partial charge in [0.1, 0.15) is 11.6 Å². The standard InChI is InChI=1S/C12H19N3O2/c1-3-9-14-10(12(16)17-4-2)11(13)15(9)8-6-5-7-8/h8H,3-7,13H2,1-2H3. The molecule has 1 heterocycles. The number of carbonyl (C=O) groups is 1. The molecule has 1 aromatic heterocycles. The Morgan fingerprint density at radius 2 is 2.24 bits per heavy atom. The Labute approximate surface area is 101 Å². The Balaban J connectivity index is 2.34. The number of imidazole rings is 1. The van der Waals surface area contributed by atoms with Gasteiger partial charge in [-0.1, -0.05) is 6.92 Å². The molecule has 0 spiro atoms. The summed E-state index contributed by atoms with van der Waals surface area (Å²) in [5.74, 6) is 0.929. The van der Waals surface area contributed by atoms with Crippen molar-refractivity contribution in [2.75, 3.05) is 12.3 Å². The monoisotopic (exact) mass is 237 g/mol. The van der Waals surface area contributed by atoms with Crippen molar-refractivity contribution >= 4 is 11.8 Å². The van der Waals surface area contributed by atoms with Gasteiger partial charge in [-0.3, -0.25) is 0 Å². The third kappa shape index (κ3) is 2.01. The van der Waals surface area contributed by atoms with E-state index in [0.29, 0.717) is 18.5 Å². The zero-order chi connectivity index (χ0) is 12.4. The fourth-order valence-corrected chi connectivity index (χ4v) is 2.14. The number of aryl methyl sites for hydroxylation is 1. The predicted molar refractivity (Wildman–Crippen MR) is 64.9 cm³/mol. The predicted octanol–water partition coefficient (Wildman–Crippen LogP) is 1.93. The lowest BCUT2D eigenvalue weighted by Gasteiger charge is -2.29. The molecule has 0 radical (unpaired) electrons. The summed E-state index contributed by atoms with van der Waals surface area (Å²) >= 11 is 0. The number of nitrogens with two attached hydrogens (primary N) is 1. The van der Waals surface area contributed by atoms with Crippen LogP contribution in [0.15, 0.2) is 0 Å². The largest absolute Gasteiger partial charge is 0.461 e.